The van der Waals surface area contributed by atoms with Crippen LogP contribution in [0.4, 0.5) is 0 Å². The molecule has 1 rings (SSSR count). The second-order valence-corrected chi connectivity index (χ2v) is 2.25. The van der Waals surface area contributed by atoms with Gasteiger partial charge in [-0.05, 0) is 6.92 Å². The average molecular weight is 218 g/mol. The second kappa shape index (κ2) is 4.31. The van der Waals surface area contributed by atoms with Crippen LogP contribution in [-0.2, 0) is 0 Å². The Labute approximate surface area is 76.7 Å². The molecule has 3 nitrogen and oxygen atoms in total. The highest BCUT2D eigenvalue weighted by molar-refractivity contribution is 8.93. The molecule has 0 aliphatic heterocycles. The molecule has 2 N–H and O–H groups in total. The molecule has 0 saturated heterocycles. The molecule has 1 aromatic rings. The molecular formula is C7H12BrN3. The van der Waals surface area contributed by atoms with Crippen LogP contribution in [0.3, 0.4) is 0 Å². The zero-order valence-electron chi connectivity index (χ0n) is 6.40. The van der Waals surface area contributed by atoms with Crippen LogP contribution in [0.15, 0.2) is 25.3 Å². The van der Waals surface area contributed by atoms with Crippen LogP contribution >= 0.6 is 17.0 Å². The first-order valence-electron chi connectivity index (χ1n) is 3.14. The van der Waals surface area contributed by atoms with E-state index in [-0.39, 0.29) is 23.0 Å². The van der Waals surface area contributed by atoms with Gasteiger partial charge in [0, 0.05) is 24.1 Å². The largest absolute Gasteiger partial charge is 0.323 e. The van der Waals surface area contributed by atoms with Gasteiger partial charge < -0.3 is 10.3 Å². The normalized spacial score (nSPS) is 11.8. The van der Waals surface area contributed by atoms with Crippen LogP contribution in [0.25, 0.3) is 5.70 Å². The number of nitrogens with two attached hydrogens (primary N) is 1. The quantitative estimate of drug-likeness (QED) is 0.812. The van der Waals surface area contributed by atoms with E-state index in [4.69, 9.17) is 5.73 Å². The van der Waals surface area contributed by atoms with Crippen molar-refractivity contribution in [1.29, 1.82) is 0 Å². The molecule has 0 aliphatic carbocycles. The highest BCUT2D eigenvalue weighted by Crippen LogP contribution is 2.02. The monoisotopic (exact) mass is 217 g/mol. The van der Waals surface area contributed by atoms with Gasteiger partial charge in [-0.1, -0.05) is 6.58 Å². The number of aromatic nitrogens is 2. The van der Waals surface area contributed by atoms with Crippen molar-refractivity contribution in [3.8, 4) is 0 Å². The molecule has 0 fully saturated rings. The van der Waals surface area contributed by atoms with E-state index in [0.29, 0.717) is 0 Å². The maximum atomic E-state index is 5.58. The summed E-state index contributed by atoms with van der Waals surface area (Å²) in [5.41, 5.74) is 6.44. The predicted octanol–water partition coefficient (Wildman–Crippen LogP) is 1.28. The van der Waals surface area contributed by atoms with Crippen LogP contribution in [0.2, 0.25) is 0 Å². The Morgan fingerprint density at radius 3 is 2.73 bits per heavy atom. The Kier molecular flexibility index (Phi) is 4.07. The molecule has 0 aliphatic rings. The molecule has 11 heavy (non-hydrogen) atoms. The summed E-state index contributed by atoms with van der Waals surface area (Å²) in [6.07, 6.45) is 5.21. The first-order valence-corrected chi connectivity index (χ1v) is 3.14. The zero-order chi connectivity index (χ0) is 7.56. The fourth-order valence-electron chi connectivity index (χ4n) is 0.664. The van der Waals surface area contributed by atoms with Crippen molar-refractivity contribution in [3.05, 3.63) is 25.3 Å². The van der Waals surface area contributed by atoms with Gasteiger partial charge in [0.15, 0.2) is 0 Å². The maximum Gasteiger partial charge on any atom is 0.0989 e. The van der Waals surface area contributed by atoms with Crippen LogP contribution in [-0.4, -0.2) is 15.6 Å². The van der Waals surface area contributed by atoms with Gasteiger partial charge in [0.05, 0.1) is 6.33 Å². The van der Waals surface area contributed by atoms with E-state index in [1.165, 1.54) is 0 Å². The van der Waals surface area contributed by atoms with Gasteiger partial charge in [-0.25, -0.2) is 4.98 Å². The number of imidazole rings is 1. The van der Waals surface area contributed by atoms with E-state index >= 15 is 0 Å². The number of nitrogens with zero attached hydrogens (tertiary/aromatic N) is 2. The minimum atomic E-state index is -0.0193. The molecule has 1 unspecified atom stereocenters. The minimum absolute atomic E-state index is 0. The summed E-state index contributed by atoms with van der Waals surface area (Å²) >= 11 is 0. The predicted molar refractivity (Wildman–Crippen MR) is 51.5 cm³/mol. The minimum Gasteiger partial charge on any atom is -0.323 e. The van der Waals surface area contributed by atoms with Crippen LogP contribution in [0.1, 0.15) is 6.92 Å². The lowest BCUT2D eigenvalue weighted by Gasteiger charge is -2.08. The number of hydrogen-bond donors (Lipinski definition) is 1. The van der Waals surface area contributed by atoms with Gasteiger partial charge >= 0.3 is 0 Å². The third kappa shape index (κ3) is 2.48. The molecule has 0 bridgehead atoms. The number of rotatable bonds is 2. The van der Waals surface area contributed by atoms with Crippen molar-refractivity contribution in [1.82, 2.24) is 9.55 Å². The molecule has 0 aromatic carbocycles. The summed E-state index contributed by atoms with van der Waals surface area (Å²) in [4.78, 5) is 3.87. The van der Waals surface area contributed by atoms with Gasteiger partial charge in [-0.15, -0.1) is 17.0 Å². The van der Waals surface area contributed by atoms with Crippen molar-refractivity contribution in [2.45, 2.75) is 13.0 Å². The number of hydrogen-bond acceptors (Lipinski definition) is 2. The molecule has 0 saturated carbocycles. The molecule has 0 spiro atoms. The molecule has 0 radical (unpaired) electrons. The Balaban J connectivity index is 0.000001000. The maximum absolute atomic E-state index is 5.58. The Hall–Kier alpha value is -0.610. The summed E-state index contributed by atoms with van der Waals surface area (Å²) in [7, 11) is 0. The van der Waals surface area contributed by atoms with Crippen LogP contribution < -0.4 is 5.73 Å². The highest BCUT2D eigenvalue weighted by atomic mass is 79.9. The molecule has 1 heterocycles. The summed E-state index contributed by atoms with van der Waals surface area (Å²) in [5, 5.41) is 0. The van der Waals surface area contributed by atoms with E-state index in [9.17, 15) is 0 Å². The third-order valence-electron chi connectivity index (χ3n) is 1.36. The van der Waals surface area contributed by atoms with Crippen molar-refractivity contribution in [2.75, 3.05) is 0 Å². The van der Waals surface area contributed by atoms with Crippen molar-refractivity contribution < 1.29 is 0 Å². The molecule has 1 aromatic heterocycles. The smallest absolute Gasteiger partial charge is 0.0989 e. The van der Waals surface area contributed by atoms with E-state index in [1.807, 2.05) is 17.7 Å². The lowest BCUT2D eigenvalue weighted by molar-refractivity contribution is 0.869. The van der Waals surface area contributed by atoms with Crippen LogP contribution in [0.5, 0.6) is 0 Å². The fourth-order valence-corrected chi connectivity index (χ4v) is 0.664. The second-order valence-electron chi connectivity index (χ2n) is 2.25. The van der Waals surface area contributed by atoms with Crippen molar-refractivity contribution >= 4 is 22.7 Å². The topological polar surface area (TPSA) is 43.8 Å². The lowest BCUT2D eigenvalue weighted by Crippen LogP contribution is -2.19. The van der Waals surface area contributed by atoms with E-state index in [0.717, 1.165) is 5.70 Å². The average Bonchev–Trinajstić information content (AvgIpc) is 2.36. The van der Waals surface area contributed by atoms with E-state index in [1.54, 1.807) is 12.5 Å². The Bertz CT molecular complexity index is 216. The van der Waals surface area contributed by atoms with Gasteiger partial charge in [0.2, 0.25) is 0 Å². The summed E-state index contributed by atoms with van der Waals surface area (Å²) in [6, 6.07) is -0.0193. The third-order valence-corrected chi connectivity index (χ3v) is 1.36. The first-order chi connectivity index (χ1) is 4.72. The van der Waals surface area contributed by atoms with Gasteiger partial charge in [0.1, 0.15) is 0 Å². The summed E-state index contributed by atoms with van der Waals surface area (Å²) in [5.74, 6) is 0. The Morgan fingerprint density at radius 2 is 2.36 bits per heavy atom. The molecular weight excluding hydrogens is 206 g/mol. The van der Waals surface area contributed by atoms with Gasteiger partial charge in [-0.3, -0.25) is 0 Å². The fraction of sp³-hybridized carbons (Fsp3) is 0.286. The van der Waals surface area contributed by atoms with Crippen molar-refractivity contribution in [2.24, 2.45) is 5.73 Å². The highest BCUT2D eigenvalue weighted by Gasteiger charge is 2.00. The van der Waals surface area contributed by atoms with Crippen LogP contribution in [0, 0.1) is 0 Å². The van der Waals surface area contributed by atoms with Crippen molar-refractivity contribution in [3.63, 3.8) is 0 Å². The standard InChI is InChI=1S/C7H11N3.BrH/c1-6(8)7(2)10-4-3-9-5-10;/h3-6H,2,8H2,1H3;1H. The first kappa shape index (κ1) is 10.4. The van der Waals surface area contributed by atoms with Gasteiger partial charge in [0.25, 0.3) is 0 Å². The molecule has 62 valence electrons. The van der Waals surface area contributed by atoms with E-state index in [2.05, 4.69) is 11.6 Å². The molecule has 1 atom stereocenters. The summed E-state index contributed by atoms with van der Waals surface area (Å²) in [6.45, 7) is 5.69. The lowest BCUT2D eigenvalue weighted by atomic mass is 10.3. The molecule has 0 amide bonds. The number of halogens is 1. The zero-order valence-corrected chi connectivity index (χ0v) is 8.11. The van der Waals surface area contributed by atoms with Gasteiger partial charge in [-0.2, -0.15) is 0 Å². The Morgan fingerprint density at radius 1 is 1.73 bits per heavy atom. The SMILES string of the molecule is Br.C=C(C(C)N)n1ccnc1. The van der Waals surface area contributed by atoms with E-state index < -0.39 is 0 Å². The summed E-state index contributed by atoms with van der Waals surface area (Å²) < 4.78 is 1.81. The molecule has 4 heteroatoms.